The third kappa shape index (κ3) is 2.24. The number of aromatic nitrogens is 5. The second-order valence-electron chi connectivity index (χ2n) is 5.17. The monoisotopic (exact) mass is 299 g/mol. The number of aryl methyl sites for hydroxylation is 2. The summed E-state index contributed by atoms with van der Waals surface area (Å²) in [6, 6.07) is 3.65. The van der Waals surface area contributed by atoms with Crippen molar-refractivity contribution in [3.8, 4) is 11.4 Å². The summed E-state index contributed by atoms with van der Waals surface area (Å²) in [5.41, 5.74) is 0.856. The highest BCUT2D eigenvalue weighted by Gasteiger charge is 2.17. The minimum absolute atomic E-state index is 0.405. The Morgan fingerprint density at radius 2 is 1.95 bits per heavy atom. The van der Waals surface area contributed by atoms with E-state index in [9.17, 15) is 9.59 Å². The highest BCUT2D eigenvalue weighted by molar-refractivity contribution is 5.76. The average molecular weight is 299 g/mol. The molecule has 22 heavy (non-hydrogen) atoms. The first-order chi connectivity index (χ1) is 10.6. The zero-order valence-electron chi connectivity index (χ0n) is 12.5. The Balaban J connectivity index is 2.31. The van der Waals surface area contributed by atoms with Gasteiger partial charge in [-0.1, -0.05) is 13.3 Å². The zero-order chi connectivity index (χ0) is 15.7. The van der Waals surface area contributed by atoms with Crippen LogP contribution in [0.2, 0.25) is 0 Å². The van der Waals surface area contributed by atoms with Crippen LogP contribution in [0.1, 0.15) is 19.8 Å². The van der Waals surface area contributed by atoms with E-state index in [0.717, 1.165) is 18.4 Å². The Bertz CT molecular complexity index is 921. The van der Waals surface area contributed by atoms with E-state index in [1.807, 2.05) is 12.1 Å². The van der Waals surface area contributed by atoms with Crippen LogP contribution in [-0.2, 0) is 13.6 Å². The third-order valence-electron chi connectivity index (χ3n) is 3.69. The quantitative estimate of drug-likeness (QED) is 0.786. The van der Waals surface area contributed by atoms with Crippen molar-refractivity contribution in [2.24, 2.45) is 7.05 Å². The fourth-order valence-electron chi connectivity index (χ4n) is 2.53. The number of hydrogen-bond acceptors (Lipinski definition) is 4. The molecule has 0 aliphatic heterocycles. The van der Waals surface area contributed by atoms with Gasteiger partial charge in [0.1, 0.15) is 5.82 Å². The molecule has 0 bridgehead atoms. The maximum absolute atomic E-state index is 12.1. The van der Waals surface area contributed by atoms with Gasteiger partial charge in [-0.15, -0.1) is 0 Å². The van der Waals surface area contributed by atoms with Crippen molar-refractivity contribution in [1.29, 1.82) is 0 Å². The predicted octanol–water partition coefficient (Wildman–Crippen LogP) is 1.29. The molecule has 0 fully saturated rings. The maximum Gasteiger partial charge on any atom is 0.330 e. The summed E-state index contributed by atoms with van der Waals surface area (Å²) in [5, 5.41) is 0. The molecular weight excluding hydrogens is 282 g/mol. The molecule has 3 aromatic heterocycles. The molecular formula is C15H17N5O2. The van der Waals surface area contributed by atoms with E-state index in [1.165, 1.54) is 4.57 Å². The van der Waals surface area contributed by atoms with Crippen molar-refractivity contribution < 1.29 is 0 Å². The van der Waals surface area contributed by atoms with Crippen LogP contribution in [-0.4, -0.2) is 24.1 Å². The number of pyridine rings is 1. The molecule has 0 saturated carbocycles. The minimum Gasteiger partial charge on any atom is -0.321 e. The van der Waals surface area contributed by atoms with Crippen LogP contribution in [0.5, 0.6) is 0 Å². The zero-order valence-corrected chi connectivity index (χ0v) is 12.5. The van der Waals surface area contributed by atoms with Gasteiger partial charge in [0.25, 0.3) is 5.56 Å². The molecule has 0 radical (unpaired) electrons. The van der Waals surface area contributed by atoms with E-state index in [1.54, 1.807) is 24.0 Å². The van der Waals surface area contributed by atoms with E-state index in [4.69, 9.17) is 0 Å². The lowest BCUT2D eigenvalue weighted by atomic mass is 10.2. The maximum atomic E-state index is 12.1. The molecule has 0 spiro atoms. The van der Waals surface area contributed by atoms with E-state index >= 15 is 0 Å². The Kier molecular flexibility index (Phi) is 3.62. The van der Waals surface area contributed by atoms with Crippen molar-refractivity contribution in [3.63, 3.8) is 0 Å². The molecule has 114 valence electrons. The average Bonchev–Trinajstić information content (AvgIpc) is 2.86. The van der Waals surface area contributed by atoms with Crippen molar-refractivity contribution in [2.75, 3.05) is 0 Å². The number of hydrogen-bond donors (Lipinski definition) is 1. The van der Waals surface area contributed by atoms with Gasteiger partial charge < -0.3 is 4.57 Å². The van der Waals surface area contributed by atoms with Gasteiger partial charge in [-0.25, -0.2) is 9.78 Å². The Morgan fingerprint density at radius 1 is 1.23 bits per heavy atom. The fraction of sp³-hybridized carbons (Fsp3) is 0.333. The largest absolute Gasteiger partial charge is 0.330 e. The van der Waals surface area contributed by atoms with Crippen LogP contribution in [0.15, 0.2) is 34.1 Å². The number of rotatable bonds is 4. The summed E-state index contributed by atoms with van der Waals surface area (Å²) in [6.45, 7) is 2.59. The SMILES string of the molecule is CCCCn1c(=O)[nH]c(=O)c2c1nc(-c1ccncc1)n2C. The number of aromatic amines is 1. The van der Waals surface area contributed by atoms with Crippen LogP contribution in [0.25, 0.3) is 22.6 Å². The summed E-state index contributed by atoms with van der Waals surface area (Å²) < 4.78 is 3.25. The predicted molar refractivity (Wildman–Crippen MR) is 83.7 cm³/mol. The second-order valence-corrected chi connectivity index (χ2v) is 5.17. The number of imidazole rings is 1. The highest BCUT2D eigenvalue weighted by atomic mass is 16.2. The number of fused-ring (bicyclic) bond motifs is 1. The molecule has 0 aliphatic rings. The first kappa shape index (κ1) is 14.2. The van der Waals surface area contributed by atoms with Crippen LogP contribution in [0.3, 0.4) is 0 Å². The van der Waals surface area contributed by atoms with E-state index in [2.05, 4.69) is 21.9 Å². The van der Waals surface area contributed by atoms with Crippen molar-refractivity contribution in [3.05, 3.63) is 45.4 Å². The van der Waals surface area contributed by atoms with Crippen LogP contribution < -0.4 is 11.2 Å². The first-order valence-electron chi connectivity index (χ1n) is 7.23. The van der Waals surface area contributed by atoms with Gasteiger partial charge in [0.15, 0.2) is 11.2 Å². The van der Waals surface area contributed by atoms with Gasteiger partial charge in [0.05, 0.1) is 0 Å². The van der Waals surface area contributed by atoms with Gasteiger partial charge in [0.2, 0.25) is 0 Å². The number of unbranched alkanes of at least 4 members (excludes halogenated alkanes) is 1. The fourth-order valence-corrected chi connectivity index (χ4v) is 2.53. The van der Waals surface area contributed by atoms with Gasteiger partial charge >= 0.3 is 5.69 Å². The molecule has 0 aliphatic carbocycles. The van der Waals surface area contributed by atoms with Crippen LogP contribution >= 0.6 is 0 Å². The molecule has 3 rings (SSSR count). The Morgan fingerprint density at radius 3 is 2.64 bits per heavy atom. The molecule has 0 aromatic carbocycles. The molecule has 0 saturated heterocycles. The van der Waals surface area contributed by atoms with Crippen molar-refractivity contribution in [1.82, 2.24) is 24.1 Å². The molecule has 0 unspecified atom stereocenters. The molecule has 3 aromatic rings. The van der Waals surface area contributed by atoms with E-state index in [-0.39, 0.29) is 0 Å². The number of H-pyrrole nitrogens is 1. The summed E-state index contributed by atoms with van der Waals surface area (Å²) in [4.78, 5) is 35.1. The smallest absolute Gasteiger partial charge is 0.321 e. The molecule has 7 nitrogen and oxygen atoms in total. The van der Waals surface area contributed by atoms with Gasteiger partial charge in [-0.05, 0) is 18.6 Å². The lowest BCUT2D eigenvalue weighted by Crippen LogP contribution is -2.31. The standard InChI is InChI=1S/C15H17N5O2/c1-3-4-9-20-13-11(14(21)18-15(20)22)19(2)12(17-13)10-5-7-16-8-6-10/h5-8H,3-4,9H2,1-2H3,(H,18,21,22). The second kappa shape index (κ2) is 5.59. The lowest BCUT2D eigenvalue weighted by Gasteiger charge is -2.04. The normalized spacial score (nSPS) is 11.2. The lowest BCUT2D eigenvalue weighted by molar-refractivity contribution is 0.613. The summed E-state index contributed by atoms with van der Waals surface area (Å²) in [6.07, 6.45) is 5.14. The summed E-state index contributed by atoms with van der Waals surface area (Å²) in [5.74, 6) is 0.638. The molecule has 7 heteroatoms. The Labute approximate surface area is 126 Å². The summed E-state index contributed by atoms with van der Waals surface area (Å²) in [7, 11) is 1.77. The Hall–Kier alpha value is -2.70. The van der Waals surface area contributed by atoms with Gasteiger partial charge in [-0.2, -0.15) is 0 Å². The summed E-state index contributed by atoms with van der Waals surface area (Å²) >= 11 is 0. The number of nitrogens with one attached hydrogen (secondary N) is 1. The third-order valence-corrected chi connectivity index (χ3v) is 3.69. The van der Waals surface area contributed by atoms with Crippen molar-refractivity contribution >= 4 is 11.2 Å². The molecule has 1 N–H and O–H groups in total. The first-order valence-corrected chi connectivity index (χ1v) is 7.23. The molecule has 3 heterocycles. The number of nitrogens with zero attached hydrogens (tertiary/aromatic N) is 4. The van der Waals surface area contributed by atoms with Crippen molar-refractivity contribution in [2.45, 2.75) is 26.3 Å². The van der Waals surface area contributed by atoms with E-state index < -0.39 is 11.2 Å². The highest BCUT2D eigenvalue weighted by Crippen LogP contribution is 2.20. The van der Waals surface area contributed by atoms with Gasteiger partial charge in [0, 0.05) is 31.5 Å². The minimum atomic E-state index is -0.414. The molecule has 0 atom stereocenters. The molecule has 0 amide bonds. The van der Waals surface area contributed by atoms with Gasteiger partial charge in [-0.3, -0.25) is 19.3 Å². The van der Waals surface area contributed by atoms with E-state index in [0.29, 0.717) is 23.5 Å². The topological polar surface area (TPSA) is 85.6 Å². The van der Waals surface area contributed by atoms with Crippen LogP contribution in [0.4, 0.5) is 0 Å². The van der Waals surface area contributed by atoms with Crippen LogP contribution in [0, 0.1) is 0 Å².